The molecule has 2 aliphatic rings. The fraction of sp³-hybridized carbons (Fsp3) is 0.143. The first-order valence-electron chi connectivity index (χ1n) is 11.8. The first kappa shape index (κ1) is 21.9. The van der Waals surface area contributed by atoms with Gasteiger partial charge in [0.25, 0.3) is 0 Å². The van der Waals surface area contributed by atoms with Crippen LogP contribution in [0.2, 0.25) is 0 Å². The maximum absolute atomic E-state index is 14.6. The number of hydrazone groups is 1. The van der Waals surface area contributed by atoms with Crippen LogP contribution in [0.1, 0.15) is 31.0 Å². The smallest absolute Gasteiger partial charge is 0.224 e. The minimum absolute atomic E-state index is 0.0603. The highest BCUT2D eigenvalue weighted by molar-refractivity contribution is 6.20. The minimum Gasteiger partial charge on any atom is -0.353 e. The lowest BCUT2D eigenvalue weighted by Crippen LogP contribution is -2.26. The molecule has 0 saturated carbocycles. The fourth-order valence-electron chi connectivity index (χ4n) is 4.72. The molecule has 4 heterocycles. The van der Waals surface area contributed by atoms with Gasteiger partial charge in [-0.2, -0.15) is 5.10 Å². The van der Waals surface area contributed by atoms with E-state index in [9.17, 15) is 9.18 Å². The van der Waals surface area contributed by atoms with Crippen molar-refractivity contribution in [1.29, 1.82) is 0 Å². The summed E-state index contributed by atoms with van der Waals surface area (Å²) in [6.07, 6.45) is 6.30. The first-order chi connectivity index (χ1) is 17.6. The van der Waals surface area contributed by atoms with E-state index in [0.717, 1.165) is 44.8 Å². The number of anilines is 1. The number of halogens is 1. The molecule has 0 radical (unpaired) electrons. The van der Waals surface area contributed by atoms with E-state index >= 15 is 0 Å². The second-order valence-corrected chi connectivity index (χ2v) is 8.83. The third-order valence-electron chi connectivity index (χ3n) is 6.55. The molecule has 2 aromatic carbocycles. The molecule has 1 atom stereocenters. The summed E-state index contributed by atoms with van der Waals surface area (Å²) in [6.45, 7) is 1.81. The van der Waals surface area contributed by atoms with Gasteiger partial charge in [0.05, 0.1) is 29.2 Å². The Hall–Kier alpha value is -4.59. The van der Waals surface area contributed by atoms with Gasteiger partial charge in [0.15, 0.2) is 0 Å². The largest absolute Gasteiger partial charge is 0.353 e. The van der Waals surface area contributed by atoms with E-state index in [1.807, 2.05) is 49.5 Å². The summed E-state index contributed by atoms with van der Waals surface area (Å²) in [5, 5.41) is 8.38. The van der Waals surface area contributed by atoms with Crippen LogP contribution < -0.4 is 10.7 Å². The van der Waals surface area contributed by atoms with Crippen LogP contribution >= 0.6 is 0 Å². The van der Waals surface area contributed by atoms with Crippen molar-refractivity contribution in [3.8, 4) is 11.1 Å². The van der Waals surface area contributed by atoms with Crippen LogP contribution in [0.25, 0.3) is 27.6 Å². The average molecular weight is 479 g/mol. The molecular formula is C28H23FN6O. The average Bonchev–Trinajstić information content (AvgIpc) is 3.52. The highest BCUT2D eigenvalue weighted by Crippen LogP contribution is 2.35. The summed E-state index contributed by atoms with van der Waals surface area (Å²) >= 11 is 0. The number of carbonyl (C=O) groups is 1. The number of allylic oxidation sites excluding steroid dienone is 1. The third kappa shape index (κ3) is 3.86. The molecule has 0 aliphatic carbocycles. The number of benzene rings is 2. The number of H-pyrrole nitrogens is 1. The molecule has 0 saturated heterocycles. The van der Waals surface area contributed by atoms with Crippen molar-refractivity contribution >= 4 is 39.6 Å². The molecule has 1 amide bonds. The predicted octanol–water partition coefficient (Wildman–Crippen LogP) is 5.48. The van der Waals surface area contributed by atoms with Crippen LogP contribution in [0, 0.1) is 11.7 Å². The van der Waals surface area contributed by atoms with Crippen molar-refractivity contribution in [2.45, 2.75) is 19.8 Å². The molecule has 0 fully saturated rings. The predicted molar refractivity (Wildman–Crippen MR) is 140 cm³/mol. The summed E-state index contributed by atoms with van der Waals surface area (Å²) in [5.41, 5.74) is 9.63. The van der Waals surface area contributed by atoms with Crippen LogP contribution in [0.4, 0.5) is 10.1 Å². The number of pyridine rings is 1. The molecule has 8 heteroatoms. The van der Waals surface area contributed by atoms with Gasteiger partial charge in [0.2, 0.25) is 5.91 Å². The normalized spacial score (nSPS) is 16.6. The lowest BCUT2D eigenvalue weighted by molar-refractivity contribution is -0.115. The molecule has 2 aliphatic heterocycles. The quantitative estimate of drug-likeness (QED) is 0.354. The Labute approximate surface area is 206 Å². The van der Waals surface area contributed by atoms with E-state index in [0.29, 0.717) is 24.1 Å². The van der Waals surface area contributed by atoms with Gasteiger partial charge in [0, 0.05) is 35.3 Å². The molecule has 0 bridgehead atoms. The maximum atomic E-state index is 14.6. The Morgan fingerprint density at radius 2 is 1.97 bits per heavy atom. The zero-order chi connectivity index (χ0) is 24.6. The van der Waals surface area contributed by atoms with Crippen molar-refractivity contribution in [2.24, 2.45) is 16.0 Å². The molecule has 7 nitrogen and oxygen atoms in total. The van der Waals surface area contributed by atoms with Crippen molar-refractivity contribution in [3.05, 3.63) is 90.3 Å². The Kier molecular flexibility index (Phi) is 5.41. The molecule has 36 heavy (non-hydrogen) atoms. The molecule has 4 aromatic rings. The van der Waals surface area contributed by atoms with Gasteiger partial charge in [-0.3, -0.25) is 15.2 Å². The first-order valence-corrected chi connectivity index (χ1v) is 11.8. The van der Waals surface area contributed by atoms with Crippen molar-refractivity contribution in [3.63, 3.8) is 0 Å². The van der Waals surface area contributed by atoms with Crippen LogP contribution in [0.5, 0.6) is 0 Å². The van der Waals surface area contributed by atoms with E-state index in [4.69, 9.17) is 0 Å². The highest BCUT2D eigenvalue weighted by Gasteiger charge is 2.33. The van der Waals surface area contributed by atoms with Crippen LogP contribution in [0.3, 0.4) is 0 Å². The SMILES string of the molecule is CCC(=O)Nc1cncc(C2=CN=C3NN=C(c4cc5c(-c6ccccc6F)cccc5[nH]4)C3C2)c1. The zero-order valence-corrected chi connectivity index (χ0v) is 19.5. The molecule has 2 aromatic heterocycles. The summed E-state index contributed by atoms with van der Waals surface area (Å²) < 4.78 is 14.6. The number of aromatic nitrogens is 2. The summed E-state index contributed by atoms with van der Waals surface area (Å²) in [6, 6.07) is 16.6. The number of hydrogen-bond acceptors (Lipinski definition) is 5. The Balaban J connectivity index is 1.31. The second kappa shape index (κ2) is 8.88. The van der Waals surface area contributed by atoms with E-state index in [1.165, 1.54) is 6.07 Å². The van der Waals surface area contributed by atoms with E-state index in [-0.39, 0.29) is 17.6 Å². The number of amidine groups is 1. The van der Waals surface area contributed by atoms with Gasteiger partial charge in [-0.15, -0.1) is 0 Å². The third-order valence-corrected chi connectivity index (χ3v) is 6.55. The van der Waals surface area contributed by atoms with Crippen molar-refractivity contribution in [1.82, 2.24) is 15.4 Å². The van der Waals surface area contributed by atoms with Gasteiger partial charge in [-0.1, -0.05) is 37.3 Å². The lowest BCUT2D eigenvalue weighted by atomic mass is 9.88. The van der Waals surface area contributed by atoms with Crippen molar-refractivity contribution < 1.29 is 9.18 Å². The van der Waals surface area contributed by atoms with E-state index in [2.05, 4.69) is 30.8 Å². The zero-order valence-electron chi connectivity index (χ0n) is 19.5. The van der Waals surface area contributed by atoms with Gasteiger partial charge < -0.3 is 10.3 Å². The molecule has 0 spiro atoms. The second-order valence-electron chi connectivity index (χ2n) is 8.83. The molecule has 178 valence electrons. The van der Waals surface area contributed by atoms with Crippen LogP contribution in [-0.2, 0) is 4.79 Å². The number of hydrogen-bond donors (Lipinski definition) is 3. The fourth-order valence-corrected chi connectivity index (χ4v) is 4.72. The summed E-state index contributed by atoms with van der Waals surface area (Å²) in [5.74, 6) is 0.402. The minimum atomic E-state index is -0.255. The standard InChI is InChI=1S/C28H23FN6O/c1-2-26(36)32-18-10-16(13-30-15-18)17-11-22-27(34-35-28(22)31-14-17)25-12-21-19(7-5-9-24(21)33-25)20-6-3-4-8-23(20)29/h3-10,12-15,22,33H,2,11H2,1H3,(H,31,35)(H,32,36). The Morgan fingerprint density at radius 3 is 2.83 bits per heavy atom. The van der Waals surface area contributed by atoms with Gasteiger partial charge in [0.1, 0.15) is 11.7 Å². The van der Waals surface area contributed by atoms with Crippen molar-refractivity contribution in [2.75, 3.05) is 5.32 Å². The Morgan fingerprint density at radius 1 is 1.11 bits per heavy atom. The Bertz CT molecular complexity index is 1600. The van der Waals surface area contributed by atoms with Crippen LogP contribution in [-0.4, -0.2) is 27.4 Å². The highest BCUT2D eigenvalue weighted by atomic mass is 19.1. The van der Waals surface area contributed by atoms with E-state index in [1.54, 1.807) is 24.5 Å². The number of carbonyl (C=O) groups excluding carboxylic acids is 1. The summed E-state index contributed by atoms with van der Waals surface area (Å²) in [7, 11) is 0. The van der Waals surface area contributed by atoms with Gasteiger partial charge in [-0.05, 0) is 47.4 Å². The summed E-state index contributed by atoms with van der Waals surface area (Å²) in [4.78, 5) is 24.2. The monoisotopic (exact) mass is 478 g/mol. The number of nitrogens with zero attached hydrogens (tertiary/aromatic N) is 3. The van der Waals surface area contributed by atoms with Gasteiger partial charge >= 0.3 is 0 Å². The number of nitrogens with one attached hydrogen (secondary N) is 3. The topological polar surface area (TPSA) is 94.5 Å². The van der Waals surface area contributed by atoms with E-state index < -0.39 is 0 Å². The number of rotatable bonds is 5. The maximum Gasteiger partial charge on any atom is 0.224 e. The lowest BCUT2D eigenvalue weighted by Gasteiger charge is -2.19. The number of aromatic amines is 1. The number of aliphatic imine (C=N–C) groups is 1. The molecule has 3 N–H and O–H groups in total. The number of amides is 1. The molecule has 6 rings (SSSR count). The van der Waals surface area contributed by atoms with Crippen LogP contribution in [0.15, 0.2) is 83.3 Å². The number of fused-ring (bicyclic) bond motifs is 2. The molecular weight excluding hydrogens is 455 g/mol. The van der Waals surface area contributed by atoms with Gasteiger partial charge in [-0.25, -0.2) is 9.38 Å². The molecule has 1 unspecified atom stereocenters.